The van der Waals surface area contributed by atoms with Crippen molar-refractivity contribution >= 4 is 18.0 Å². The molecule has 0 radical (unpaired) electrons. The molecule has 4 rings (SSSR count). The molecule has 176 valence electrons. The molecule has 0 aliphatic carbocycles. The molecule has 1 atom stereocenters. The smallest absolute Gasteiger partial charge is 0.255 e. The van der Waals surface area contributed by atoms with Crippen molar-refractivity contribution in [2.45, 2.75) is 19.0 Å². The number of piperazine rings is 1. The maximum absolute atomic E-state index is 13.1. The quantitative estimate of drug-likeness (QED) is 0.497. The molecule has 1 aliphatic rings. The fraction of sp³-hybridized carbons (Fsp3) is 0.296. The highest BCUT2D eigenvalue weighted by atomic mass is 16.5. The summed E-state index contributed by atoms with van der Waals surface area (Å²) in [7, 11) is 1.69. The van der Waals surface area contributed by atoms with Crippen LogP contribution in [0, 0.1) is 0 Å². The van der Waals surface area contributed by atoms with E-state index in [9.17, 15) is 9.59 Å². The van der Waals surface area contributed by atoms with Crippen molar-refractivity contribution in [3.63, 3.8) is 0 Å². The van der Waals surface area contributed by atoms with E-state index in [0.29, 0.717) is 17.8 Å². The van der Waals surface area contributed by atoms with Crippen molar-refractivity contribution in [2.75, 3.05) is 38.2 Å². The summed E-state index contributed by atoms with van der Waals surface area (Å²) in [5, 5.41) is 2.87. The number of nitrogens with one attached hydrogen (secondary N) is 1. The molecule has 1 N–H and O–H groups in total. The first-order valence-corrected chi connectivity index (χ1v) is 11.5. The number of aldehydes is 1. The van der Waals surface area contributed by atoms with Gasteiger partial charge in [0.15, 0.2) is 0 Å². The number of carbonyl (C=O) groups is 2. The van der Waals surface area contributed by atoms with Gasteiger partial charge in [-0.2, -0.15) is 0 Å². The van der Waals surface area contributed by atoms with Crippen LogP contribution in [0.25, 0.3) is 0 Å². The second-order valence-corrected chi connectivity index (χ2v) is 8.36. The Morgan fingerprint density at radius 1 is 1.03 bits per heavy atom. The molecular formula is C27H30N4O3. The number of hydrogen-bond acceptors (Lipinski definition) is 6. The summed E-state index contributed by atoms with van der Waals surface area (Å²) in [6, 6.07) is 20.7. The molecule has 1 fully saturated rings. The number of pyridine rings is 1. The van der Waals surface area contributed by atoms with Gasteiger partial charge in [0.1, 0.15) is 17.9 Å². The molecule has 2 aromatic carbocycles. The summed E-state index contributed by atoms with van der Waals surface area (Å²) in [4.78, 5) is 33.8. The van der Waals surface area contributed by atoms with Crippen molar-refractivity contribution in [2.24, 2.45) is 0 Å². The van der Waals surface area contributed by atoms with Gasteiger partial charge in [-0.15, -0.1) is 0 Å². The first kappa shape index (κ1) is 23.4. The minimum atomic E-state index is -0.597. The third-order valence-electron chi connectivity index (χ3n) is 6.07. The van der Waals surface area contributed by atoms with Gasteiger partial charge in [-0.1, -0.05) is 48.5 Å². The molecule has 2 heterocycles. The van der Waals surface area contributed by atoms with Gasteiger partial charge in [-0.25, -0.2) is 4.98 Å². The predicted octanol–water partition coefficient (Wildman–Crippen LogP) is 2.95. The number of amides is 1. The van der Waals surface area contributed by atoms with E-state index >= 15 is 0 Å². The Bertz CT molecular complexity index is 1100. The first-order valence-electron chi connectivity index (χ1n) is 11.5. The van der Waals surface area contributed by atoms with E-state index in [4.69, 9.17) is 4.74 Å². The first-order chi connectivity index (χ1) is 16.7. The Morgan fingerprint density at radius 3 is 2.50 bits per heavy atom. The van der Waals surface area contributed by atoms with E-state index in [0.717, 1.165) is 55.9 Å². The van der Waals surface area contributed by atoms with Crippen LogP contribution < -0.4 is 15.0 Å². The van der Waals surface area contributed by atoms with Crippen molar-refractivity contribution in [1.82, 2.24) is 15.2 Å². The van der Waals surface area contributed by atoms with E-state index in [-0.39, 0.29) is 5.91 Å². The van der Waals surface area contributed by atoms with Gasteiger partial charge >= 0.3 is 0 Å². The largest absolute Gasteiger partial charge is 0.496 e. The highest BCUT2D eigenvalue weighted by molar-refractivity contribution is 6.00. The second kappa shape index (κ2) is 11.4. The van der Waals surface area contributed by atoms with Crippen LogP contribution in [-0.2, 0) is 17.8 Å². The zero-order valence-corrected chi connectivity index (χ0v) is 19.4. The third kappa shape index (κ3) is 5.80. The number of benzene rings is 2. The molecule has 1 saturated heterocycles. The molecule has 1 aromatic heterocycles. The van der Waals surface area contributed by atoms with Crippen molar-refractivity contribution in [3.8, 4) is 5.75 Å². The van der Waals surface area contributed by atoms with Gasteiger partial charge in [0.25, 0.3) is 5.91 Å². The molecule has 0 spiro atoms. The molecule has 3 aromatic rings. The number of ether oxygens (including phenoxy) is 1. The number of rotatable bonds is 9. The summed E-state index contributed by atoms with van der Waals surface area (Å²) in [5.41, 5.74) is 2.65. The fourth-order valence-corrected chi connectivity index (χ4v) is 4.27. The van der Waals surface area contributed by atoms with Crippen LogP contribution >= 0.6 is 0 Å². The van der Waals surface area contributed by atoms with Gasteiger partial charge in [0, 0.05) is 44.5 Å². The molecule has 7 heteroatoms. The zero-order valence-electron chi connectivity index (χ0n) is 19.4. The highest BCUT2D eigenvalue weighted by Gasteiger charge is 2.24. The molecule has 1 unspecified atom stereocenters. The lowest BCUT2D eigenvalue weighted by molar-refractivity contribution is -0.109. The summed E-state index contributed by atoms with van der Waals surface area (Å²) in [6.45, 7) is 4.02. The number of hydrogen-bond donors (Lipinski definition) is 1. The van der Waals surface area contributed by atoms with Crippen LogP contribution in [-0.4, -0.2) is 61.4 Å². The molecule has 34 heavy (non-hydrogen) atoms. The molecular weight excluding hydrogens is 428 g/mol. The van der Waals surface area contributed by atoms with Crippen LogP contribution in [0.1, 0.15) is 21.5 Å². The van der Waals surface area contributed by atoms with E-state index in [1.54, 1.807) is 25.4 Å². The van der Waals surface area contributed by atoms with E-state index < -0.39 is 6.04 Å². The van der Waals surface area contributed by atoms with Crippen molar-refractivity contribution in [3.05, 3.63) is 89.6 Å². The topological polar surface area (TPSA) is 74.8 Å². The molecule has 0 bridgehead atoms. The Hall–Kier alpha value is -3.71. The maximum atomic E-state index is 13.1. The summed E-state index contributed by atoms with van der Waals surface area (Å²) in [5.74, 6) is 1.27. The number of aromatic nitrogens is 1. The lowest BCUT2D eigenvalue weighted by Gasteiger charge is -2.36. The fourth-order valence-electron chi connectivity index (χ4n) is 4.27. The minimum Gasteiger partial charge on any atom is -0.496 e. The number of para-hydroxylation sites is 1. The van der Waals surface area contributed by atoms with Gasteiger partial charge in [0.2, 0.25) is 0 Å². The summed E-state index contributed by atoms with van der Waals surface area (Å²) >= 11 is 0. The van der Waals surface area contributed by atoms with Gasteiger partial charge in [-0.3, -0.25) is 9.69 Å². The van der Waals surface area contributed by atoms with Crippen LogP contribution in [0.15, 0.2) is 72.9 Å². The van der Waals surface area contributed by atoms with Gasteiger partial charge < -0.3 is 19.7 Å². The number of methoxy groups -OCH3 is 1. The summed E-state index contributed by atoms with van der Waals surface area (Å²) in [6.07, 6.45) is 2.94. The van der Waals surface area contributed by atoms with Crippen LogP contribution in [0.2, 0.25) is 0 Å². The Labute approximate surface area is 200 Å². The molecule has 1 amide bonds. The second-order valence-electron chi connectivity index (χ2n) is 8.36. The third-order valence-corrected chi connectivity index (χ3v) is 6.07. The molecule has 7 nitrogen and oxygen atoms in total. The van der Waals surface area contributed by atoms with Gasteiger partial charge in [-0.05, 0) is 30.2 Å². The predicted molar refractivity (Wildman–Crippen MR) is 132 cm³/mol. The highest BCUT2D eigenvalue weighted by Crippen LogP contribution is 2.23. The standard InChI is InChI=1S/C27H30N4O3/c1-34-25-12-6-5-10-22(25)19-30-14-16-31(17-15-30)26-24(11-7-13-28-26)27(33)29-23(20-32)18-21-8-3-2-4-9-21/h2-13,20,23H,14-19H2,1H3,(H,29,33). The normalized spacial score (nSPS) is 14.9. The lowest BCUT2D eigenvalue weighted by Crippen LogP contribution is -2.47. The Morgan fingerprint density at radius 2 is 1.76 bits per heavy atom. The number of nitrogens with zero attached hydrogens (tertiary/aromatic N) is 3. The minimum absolute atomic E-state index is 0.285. The number of anilines is 1. The Balaban J connectivity index is 1.39. The van der Waals surface area contributed by atoms with E-state index in [2.05, 4.69) is 26.2 Å². The maximum Gasteiger partial charge on any atom is 0.255 e. The monoisotopic (exact) mass is 458 g/mol. The lowest BCUT2D eigenvalue weighted by atomic mass is 10.1. The molecule has 0 saturated carbocycles. The number of carbonyl (C=O) groups excluding carboxylic acids is 2. The average molecular weight is 459 g/mol. The van der Waals surface area contributed by atoms with Crippen LogP contribution in [0.5, 0.6) is 5.75 Å². The van der Waals surface area contributed by atoms with Crippen LogP contribution in [0.3, 0.4) is 0 Å². The van der Waals surface area contributed by atoms with E-state index in [1.807, 2.05) is 48.5 Å². The zero-order chi connectivity index (χ0) is 23.8. The van der Waals surface area contributed by atoms with Crippen molar-refractivity contribution in [1.29, 1.82) is 0 Å². The van der Waals surface area contributed by atoms with Gasteiger partial charge in [0.05, 0.1) is 18.7 Å². The molecule has 1 aliphatic heterocycles. The SMILES string of the molecule is COc1ccccc1CN1CCN(c2ncccc2C(=O)NC(C=O)Cc2ccccc2)CC1. The summed E-state index contributed by atoms with van der Waals surface area (Å²) < 4.78 is 5.48. The van der Waals surface area contributed by atoms with Crippen LogP contribution in [0.4, 0.5) is 5.82 Å². The average Bonchev–Trinajstić information content (AvgIpc) is 2.89. The van der Waals surface area contributed by atoms with Crippen molar-refractivity contribution < 1.29 is 14.3 Å². The Kier molecular flexibility index (Phi) is 7.88. The van der Waals surface area contributed by atoms with E-state index in [1.165, 1.54) is 0 Å².